The first kappa shape index (κ1) is 18.6. The van der Waals surface area contributed by atoms with Crippen LogP contribution in [0.2, 0.25) is 5.02 Å². The first-order chi connectivity index (χ1) is 11.9. The second-order valence-corrected chi connectivity index (χ2v) is 5.76. The quantitative estimate of drug-likeness (QED) is 0.611. The van der Waals surface area contributed by atoms with Crippen molar-refractivity contribution in [2.24, 2.45) is 5.10 Å². The number of phenolic OH excluding ortho intramolecular Hbond substituents is 1. The van der Waals surface area contributed by atoms with Crippen molar-refractivity contribution in [3.05, 3.63) is 52.0 Å². The third kappa shape index (κ3) is 5.12. The summed E-state index contributed by atoms with van der Waals surface area (Å²) in [6.07, 6.45) is 1.41. The minimum Gasteiger partial charge on any atom is -0.504 e. The maximum Gasteiger partial charge on any atom is 0.277 e. The Hall–Kier alpha value is -2.73. The number of ether oxygens (including phenoxy) is 2. The third-order valence-electron chi connectivity index (χ3n) is 3.39. The number of phenols is 1. The van der Waals surface area contributed by atoms with Crippen LogP contribution in [0.15, 0.2) is 35.4 Å². The van der Waals surface area contributed by atoms with Crippen LogP contribution in [0.25, 0.3) is 0 Å². The van der Waals surface area contributed by atoms with Crippen LogP contribution in [0.5, 0.6) is 17.2 Å². The van der Waals surface area contributed by atoms with Gasteiger partial charge in [0.1, 0.15) is 5.75 Å². The molecule has 0 saturated heterocycles. The van der Waals surface area contributed by atoms with Crippen LogP contribution < -0.4 is 14.9 Å². The van der Waals surface area contributed by atoms with Crippen LogP contribution in [0.1, 0.15) is 16.7 Å². The van der Waals surface area contributed by atoms with E-state index in [1.807, 2.05) is 13.8 Å². The van der Waals surface area contributed by atoms with Crippen molar-refractivity contribution in [2.75, 3.05) is 13.7 Å². The van der Waals surface area contributed by atoms with Crippen molar-refractivity contribution in [2.45, 2.75) is 13.8 Å². The molecule has 0 radical (unpaired) electrons. The number of aryl methyl sites for hydroxylation is 2. The summed E-state index contributed by atoms with van der Waals surface area (Å²) >= 11 is 6.09. The largest absolute Gasteiger partial charge is 0.504 e. The lowest BCUT2D eigenvalue weighted by molar-refractivity contribution is -0.123. The fourth-order valence-electron chi connectivity index (χ4n) is 2.14. The summed E-state index contributed by atoms with van der Waals surface area (Å²) in [5.74, 6) is 0.524. The monoisotopic (exact) mass is 362 g/mol. The van der Waals surface area contributed by atoms with Crippen LogP contribution in [0.3, 0.4) is 0 Å². The molecule has 0 heterocycles. The summed E-state index contributed by atoms with van der Waals surface area (Å²) in [5, 5.41) is 14.2. The predicted molar refractivity (Wildman–Crippen MR) is 96.8 cm³/mol. The van der Waals surface area contributed by atoms with E-state index in [1.165, 1.54) is 19.4 Å². The number of halogens is 1. The molecule has 0 fully saturated rings. The Bertz CT molecular complexity index is 783. The van der Waals surface area contributed by atoms with Crippen LogP contribution in [0.4, 0.5) is 0 Å². The first-order valence-electron chi connectivity index (χ1n) is 7.49. The van der Waals surface area contributed by atoms with E-state index in [-0.39, 0.29) is 12.4 Å². The number of rotatable bonds is 6. The fourth-order valence-corrected chi connectivity index (χ4v) is 2.25. The number of hydrogen-bond donors (Lipinski definition) is 2. The van der Waals surface area contributed by atoms with Crippen molar-refractivity contribution in [3.63, 3.8) is 0 Å². The van der Waals surface area contributed by atoms with Gasteiger partial charge in [-0.25, -0.2) is 5.43 Å². The highest BCUT2D eigenvalue weighted by Crippen LogP contribution is 2.26. The van der Waals surface area contributed by atoms with E-state index in [0.717, 1.165) is 11.1 Å². The van der Waals surface area contributed by atoms with E-state index in [1.54, 1.807) is 24.3 Å². The van der Waals surface area contributed by atoms with Gasteiger partial charge in [0.25, 0.3) is 5.91 Å². The van der Waals surface area contributed by atoms with Crippen molar-refractivity contribution in [1.29, 1.82) is 0 Å². The van der Waals surface area contributed by atoms with Gasteiger partial charge in [-0.3, -0.25) is 4.79 Å². The molecular weight excluding hydrogens is 344 g/mol. The molecule has 0 spiro atoms. The summed E-state index contributed by atoms with van der Waals surface area (Å²) in [6.45, 7) is 3.57. The van der Waals surface area contributed by atoms with E-state index in [9.17, 15) is 9.90 Å². The smallest absolute Gasteiger partial charge is 0.277 e. The Morgan fingerprint density at radius 3 is 2.56 bits per heavy atom. The van der Waals surface area contributed by atoms with E-state index in [4.69, 9.17) is 21.1 Å². The van der Waals surface area contributed by atoms with Gasteiger partial charge in [0.2, 0.25) is 0 Å². The zero-order valence-electron chi connectivity index (χ0n) is 14.2. The highest BCUT2D eigenvalue weighted by atomic mass is 35.5. The van der Waals surface area contributed by atoms with Crippen LogP contribution in [-0.4, -0.2) is 30.9 Å². The van der Waals surface area contributed by atoms with Crippen LogP contribution in [0, 0.1) is 13.8 Å². The van der Waals surface area contributed by atoms with E-state index in [0.29, 0.717) is 22.1 Å². The molecule has 132 valence electrons. The summed E-state index contributed by atoms with van der Waals surface area (Å²) in [5.41, 5.74) is 4.74. The van der Waals surface area contributed by atoms with Gasteiger partial charge in [0.05, 0.1) is 13.3 Å². The molecule has 2 aromatic rings. The average Bonchev–Trinajstić information content (AvgIpc) is 2.58. The molecule has 2 rings (SSSR count). The van der Waals surface area contributed by atoms with E-state index < -0.39 is 5.91 Å². The lowest BCUT2D eigenvalue weighted by atomic mass is 10.1. The lowest BCUT2D eigenvalue weighted by Crippen LogP contribution is -2.24. The van der Waals surface area contributed by atoms with Gasteiger partial charge in [-0.05, 0) is 60.9 Å². The van der Waals surface area contributed by atoms with Crippen LogP contribution in [-0.2, 0) is 4.79 Å². The summed E-state index contributed by atoms with van der Waals surface area (Å²) in [7, 11) is 1.46. The number of nitrogens with zero attached hydrogens (tertiary/aromatic N) is 1. The van der Waals surface area contributed by atoms with Gasteiger partial charge in [0, 0.05) is 5.02 Å². The summed E-state index contributed by atoms with van der Waals surface area (Å²) < 4.78 is 10.4. The van der Waals surface area contributed by atoms with Gasteiger partial charge >= 0.3 is 0 Å². The Labute approximate surface area is 151 Å². The number of benzene rings is 2. The zero-order valence-corrected chi connectivity index (χ0v) is 14.9. The van der Waals surface area contributed by atoms with Gasteiger partial charge in [-0.2, -0.15) is 5.10 Å². The standard InChI is InChI=1S/C18H19ClN2O4/c1-11-6-14(7-12(2)18(11)19)25-10-17(23)21-20-9-13-4-5-16(24-3)15(22)8-13/h4-9,22H,10H2,1-3H3,(H,21,23). The molecule has 0 aliphatic rings. The molecule has 0 unspecified atom stereocenters. The number of nitrogens with one attached hydrogen (secondary N) is 1. The minimum absolute atomic E-state index is 0.00501. The zero-order chi connectivity index (χ0) is 18.4. The molecule has 6 nitrogen and oxygen atoms in total. The topological polar surface area (TPSA) is 80.2 Å². The van der Waals surface area contributed by atoms with Gasteiger partial charge in [0.15, 0.2) is 18.1 Å². The van der Waals surface area contributed by atoms with Crippen molar-refractivity contribution < 1.29 is 19.4 Å². The second kappa shape index (κ2) is 8.39. The third-order valence-corrected chi connectivity index (χ3v) is 3.98. The number of hydrazone groups is 1. The molecule has 0 aliphatic heterocycles. The minimum atomic E-state index is -0.403. The Kier molecular flexibility index (Phi) is 6.25. The summed E-state index contributed by atoms with van der Waals surface area (Å²) in [4.78, 5) is 11.8. The highest BCUT2D eigenvalue weighted by Gasteiger charge is 2.06. The second-order valence-electron chi connectivity index (χ2n) is 5.38. The number of methoxy groups -OCH3 is 1. The van der Waals surface area contributed by atoms with Crippen LogP contribution >= 0.6 is 11.6 Å². The maximum absolute atomic E-state index is 11.8. The molecule has 0 bridgehead atoms. The van der Waals surface area contributed by atoms with Gasteiger partial charge in [-0.15, -0.1) is 0 Å². The SMILES string of the molecule is COc1ccc(C=NNC(=O)COc2cc(C)c(Cl)c(C)c2)cc1O. The fraction of sp³-hybridized carbons (Fsp3) is 0.222. The first-order valence-corrected chi connectivity index (χ1v) is 7.87. The Balaban J connectivity index is 1.87. The molecule has 0 aliphatic carbocycles. The predicted octanol–water partition coefficient (Wildman–Crippen LogP) is 3.20. The van der Waals surface area contributed by atoms with Crippen molar-refractivity contribution in [1.82, 2.24) is 5.43 Å². The Morgan fingerprint density at radius 1 is 1.28 bits per heavy atom. The molecule has 2 aromatic carbocycles. The lowest BCUT2D eigenvalue weighted by Gasteiger charge is -2.09. The highest BCUT2D eigenvalue weighted by molar-refractivity contribution is 6.32. The molecular formula is C18H19ClN2O4. The molecule has 25 heavy (non-hydrogen) atoms. The maximum atomic E-state index is 11.8. The molecule has 0 aromatic heterocycles. The van der Waals surface area contributed by atoms with Crippen molar-refractivity contribution in [3.8, 4) is 17.2 Å². The number of carbonyl (C=O) groups is 1. The number of amides is 1. The molecule has 0 atom stereocenters. The molecule has 2 N–H and O–H groups in total. The number of hydrogen-bond acceptors (Lipinski definition) is 5. The number of aromatic hydroxyl groups is 1. The van der Waals surface area contributed by atoms with Gasteiger partial charge in [-0.1, -0.05) is 11.6 Å². The Morgan fingerprint density at radius 2 is 1.96 bits per heavy atom. The van der Waals surface area contributed by atoms with E-state index in [2.05, 4.69) is 10.5 Å². The van der Waals surface area contributed by atoms with Crippen molar-refractivity contribution >= 4 is 23.7 Å². The molecule has 1 amide bonds. The summed E-state index contributed by atoms with van der Waals surface area (Å²) in [6, 6.07) is 8.32. The molecule has 7 heteroatoms. The normalized spacial score (nSPS) is 10.7. The van der Waals surface area contributed by atoms with E-state index >= 15 is 0 Å². The number of carbonyl (C=O) groups excluding carboxylic acids is 1. The van der Waals surface area contributed by atoms with Gasteiger partial charge < -0.3 is 14.6 Å². The molecule has 0 saturated carbocycles. The average molecular weight is 363 g/mol.